The maximum Gasteiger partial charge on any atom is 0.235 e. The van der Waals surface area contributed by atoms with E-state index < -0.39 is 0 Å². The fourth-order valence-corrected chi connectivity index (χ4v) is 1.07. The van der Waals surface area contributed by atoms with E-state index in [1.807, 2.05) is 24.3 Å². The zero-order valence-corrected chi connectivity index (χ0v) is 10.3. The number of hydrogen-bond acceptors (Lipinski definition) is 8. The fraction of sp³-hybridized carbons (Fsp3) is 0.167. The van der Waals surface area contributed by atoms with Gasteiger partial charge in [-0.2, -0.15) is 0 Å². The number of hydrogen-bond donors (Lipinski definition) is 2. The number of nitrogens with one attached hydrogen (secondary N) is 2. The summed E-state index contributed by atoms with van der Waals surface area (Å²) in [6.45, 7) is 0.615. The Bertz CT molecular complexity index is 513. The van der Waals surface area contributed by atoms with Crippen LogP contribution in [0.2, 0.25) is 0 Å². The molecule has 0 fully saturated rings. The van der Waals surface area contributed by atoms with Crippen molar-refractivity contribution in [2.45, 2.75) is 13.1 Å². The quantitative estimate of drug-likeness (QED) is 0.627. The van der Waals surface area contributed by atoms with E-state index in [-0.39, 0.29) is 0 Å². The number of isocyanates is 4. The molecule has 0 aromatic heterocycles. The molecule has 1 aromatic carbocycles. The Morgan fingerprint density at radius 3 is 1.50 bits per heavy atom. The van der Waals surface area contributed by atoms with E-state index in [1.165, 1.54) is 12.2 Å². The molecule has 1 aromatic rings. The maximum atomic E-state index is 9.87. The normalized spacial score (nSPS) is 6.80. The second-order valence-corrected chi connectivity index (χ2v) is 2.84. The lowest BCUT2D eigenvalue weighted by Gasteiger charge is -1.98. The maximum absolute atomic E-state index is 9.87. The minimum absolute atomic E-state index is 0.308. The summed E-state index contributed by atoms with van der Waals surface area (Å²) in [6.07, 6.45) is 4.44. The Balaban J connectivity index is 0. The summed E-state index contributed by atoms with van der Waals surface area (Å²) < 4.78 is 0. The van der Waals surface area contributed by atoms with Crippen LogP contribution < -0.4 is 0 Å². The average Bonchev–Trinajstić information content (AvgIpc) is 2.45. The predicted octanol–water partition coefficient (Wildman–Crippen LogP) is 1.16. The van der Waals surface area contributed by atoms with Crippen molar-refractivity contribution in [3.63, 3.8) is 0 Å². The van der Waals surface area contributed by atoms with Crippen LogP contribution in [0.25, 0.3) is 0 Å². The van der Waals surface area contributed by atoms with Crippen LogP contribution in [0.5, 0.6) is 0 Å². The summed E-state index contributed by atoms with van der Waals surface area (Å²) in [5.74, 6) is 0. The third-order valence-corrected chi connectivity index (χ3v) is 1.64. The van der Waals surface area contributed by atoms with E-state index in [2.05, 4.69) is 9.98 Å². The van der Waals surface area contributed by atoms with Crippen LogP contribution in [0, 0.1) is 10.8 Å². The van der Waals surface area contributed by atoms with Crippen LogP contribution in [0.3, 0.4) is 0 Å². The average molecular weight is 274 g/mol. The first-order valence-corrected chi connectivity index (χ1v) is 4.92. The van der Waals surface area contributed by atoms with Gasteiger partial charge in [-0.15, -0.1) is 0 Å². The molecular weight excluding hydrogens is 264 g/mol. The highest BCUT2D eigenvalue weighted by Gasteiger charge is 1.94. The Kier molecular flexibility index (Phi) is 15.0. The number of carbonyl (C=O) groups excluding carboxylic acids is 4. The zero-order chi connectivity index (χ0) is 15.6. The third kappa shape index (κ3) is 12.8. The highest BCUT2D eigenvalue weighted by Crippen LogP contribution is 2.07. The minimum atomic E-state index is 0.308. The standard InChI is InChI=1S/C10H8N2O2.2CHNO/c13-7-11-5-9-2-1-3-10(4-9)6-12-8-14;2*2-1-3/h1-4H,5-6H2;2*2H. The first kappa shape index (κ1) is 19.1. The van der Waals surface area contributed by atoms with Crippen molar-refractivity contribution >= 4 is 24.3 Å². The van der Waals surface area contributed by atoms with Crippen molar-refractivity contribution in [3.8, 4) is 0 Å². The Morgan fingerprint density at radius 2 is 1.20 bits per heavy atom. The fourth-order valence-electron chi connectivity index (χ4n) is 1.07. The number of aliphatic imine (C=N–C) groups is 2. The van der Waals surface area contributed by atoms with Gasteiger partial charge in [0, 0.05) is 0 Å². The van der Waals surface area contributed by atoms with Crippen LogP contribution in [0.15, 0.2) is 34.3 Å². The van der Waals surface area contributed by atoms with E-state index >= 15 is 0 Å². The topological polar surface area (TPSA) is 141 Å². The van der Waals surface area contributed by atoms with Gasteiger partial charge in [0.15, 0.2) is 0 Å². The molecule has 0 heterocycles. The van der Waals surface area contributed by atoms with Crippen LogP contribution >= 0.6 is 0 Å². The van der Waals surface area contributed by atoms with Gasteiger partial charge in [-0.05, 0) is 11.1 Å². The molecule has 0 saturated carbocycles. The largest absolute Gasteiger partial charge is 0.235 e. The van der Waals surface area contributed by atoms with Gasteiger partial charge in [0.1, 0.15) is 0 Å². The van der Waals surface area contributed by atoms with E-state index in [4.69, 9.17) is 20.4 Å². The second-order valence-electron chi connectivity index (χ2n) is 2.84. The summed E-state index contributed by atoms with van der Waals surface area (Å²) in [6, 6.07) is 7.34. The molecule has 0 aliphatic heterocycles. The SMILES string of the molecule is N=C=O.N=C=O.O=C=NCc1cccc(CN=C=O)c1. The lowest BCUT2D eigenvalue weighted by atomic mass is 10.1. The van der Waals surface area contributed by atoms with Gasteiger partial charge in [0.2, 0.25) is 24.3 Å². The predicted molar refractivity (Wildman–Crippen MR) is 66.9 cm³/mol. The smallest absolute Gasteiger partial charge is 0.222 e. The lowest BCUT2D eigenvalue weighted by Crippen LogP contribution is -1.85. The molecule has 0 unspecified atom stereocenters. The van der Waals surface area contributed by atoms with Crippen LogP contribution in [0.1, 0.15) is 11.1 Å². The Labute approximate surface area is 113 Å². The molecule has 1 rings (SSSR count). The summed E-state index contributed by atoms with van der Waals surface area (Å²) in [7, 11) is 0. The van der Waals surface area contributed by atoms with Crippen molar-refractivity contribution in [1.82, 2.24) is 0 Å². The van der Waals surface area contributed by atoms with Gasteiger partial charge in [-0.3, -0.25) is 0 Å². The molecular formula is C12H10N4O4. The third-order valence-electron chi connectivity index (χ3n) is 1.64. The van der Waals surface area contributed by atoms with Gasteiger partial charge < -0.3 is 0 Å². The van der Waals surface area contributed by atoms with E-state index in [1.54, 1.807) is 0 Å². The molecule has 0 atom stereocenters. The monoisotopic (exact) mass is 274 g/mol. The molecule has 0 radical (unpaired) electrons. The molecule has 0 aliphatic carbocycles. The van der Waals surface area contributed by atoms with Gasteiger partial charge in [0.05, 0.1) is 13.1 Å². The van der Waals surface area contributed by atoms with Crippen LogP contribution in [0.4, 0.5) is 0 Å². The van der Waals surface area contributed by atoms with Gasteiger partial charge in [0.25, 0.3) is 0 Å². The van der Waals surface area contributed by atoms with Crippen LogP contribution in [-0.4, -0.2) is 24.3 Å². The molecule has 8 heteroatoms. The van der Waals surface area contributed by atoms with E-state index in [0.717, 1.165) is 23.3 Å². The van der Waals surface area contributed by atoms with Crippen LogP contribution in [-0.2, 0) is 32.3 Å². The number of benzene rings is 1. The molecule has 20 heavy (non-hydrogen) atoms. The molecule has 8 nitrogen and oxygen atoms in total. The molecule has 0 bridgehead atoms. The Morgan fingerprint density at radius 1 is 0.850 bits per heavy atom. The summed E-state index contributed by atoms with van der Waals surface area (Å²) in [4.78, 5) is 43.3. The number of nitrogens with zero attached hydrogens (tertiary/aromatic N) is 2. The first-order chi connectivity index (χ1) is 9.69. The van der Waals surface area contributed by atoms with Gasteiger partial charge >= 0.3 is 0 Å². The molecule has 0 aliphatic rings. The molecule has 0 saturated heterocycles. The van der Waals surface area contributed by atoms with E-state index in [9.17, 15) is 9.59 Å². The lowest BCUT2D eigenvalue weighted by molar-refractivity contribution is 0.562. The molecule has 102 valence electrons. The van der Waals surface area contributed by atoms with Gasteiger partial charge in [-0.1, -0.05) is 24.3 Å². The highest BCUT2D eigenvalue weighted by atomic mass is 16.1. The van der Waals surface area contributed by atoms with Crippen molar-refractivity contribution in [1.29, 1.82) is 10.8 Å². The molecule has 2 N–H and O–H groups in total. The highest BCUT2D eigenvalue weighted by molar-refractivity contribution is 5.35. The minimum Gasteiger partial charge on any atom is -0.222 e. The van der Waals surface area contributed by atoms with Crippen molar-refractivity contribution in [2.24, 2.45) is 9.98 Å². The Hall–Kier alpha value is -3.26. The molecule has 0 amide bonds. The van der Waals surface area contributed by atoms with E-state index in [0.29, 0.717) is 13.1 Å². The summed E-state index contributed by atoms with van der Waals surface area (Å²) in [5, 5.41) is 10.8. The number of rotatable bonds is 4. The van der Waals surface area contributed by atoms with Crippen molar-refractivity contribution in [3.05, 3.63) is 35.4 Å². The summed E-state index contributed by atoms with van der Waals surface area (Å²) in [5.41, 5.74) is 1.79. The summed E-state index contributed by atoms with van der Waals surface area (Å²) >= 11 is 0. The second kappa shape index (κ2) is 15.7. The van der Waals surface area contributed by atoms with Crippen molar-refractivity contribution < 1.29 is 19.2 Å². The zero-order valence-electron chi connectivity index (χ0n) is 10.3. The van der Waals surface area contributed by atoms with Gasteiger partial charge in [-0.25, -0.2) is 40.0 Å². The first-order valence-electron chi connectivity index (χ1n) is 4.92. The van der Waals surface area contributed by atoms with Crippen molar-refractivity contribution in [2.75, 3.05) is 0 Å². The molecule has 0 spiro atoms.